The number of hydrogen-bond donors (Lipinski definition) is 1. The normalized spacial score (nSPS) is 56.7. The van der Waals surface area contributed by atoms with E-state index in [2.05, 4.69) is 15.9 Å². The summed E-state index contributed by atoms with van der Waals surface area (Å²) in [7, 11) is 0. The standard InChI is InChI=1S/C7H11BrO/c8-6-3-5-1-2-7(6,9)4-5/h5-6,9H,1-4H2. The van der Waals surface area contributed by atoms with Crippen molar-refractivity contribution < 1.29 is 5.11 Å². The maximum absolute atomic E-state index is 9.76. The summed E-state index contributed by atoms with van der Waals surface area (Å²) in [6.45, 7) is 0. The van der Waals surface area contributed by atoms with Crippen LogP contribution in [0.4, 0.5) is 0 Å². The van der Waals surface area contributed by atoms with Crippen molar-refractivity contribution in [1.82, 2.24) is 0 Å². The molecule has 3 unspecified atom stereocenters. The molecular formula is C7H11BrO. The van der Waals surface area contributed by atoms with E-state index in [1.807, 2.05) is 0 Å². The molecule has 0 aromatic rings. The number of hydrogen-bond acceptors (Lipinski definition) is 1. The van der Waals surface area contributed by atoms with Crippen LogP contribution in [0.2, 0.25) is 0 Å². The van der Waals surface area contributed by atoms with Gasteiger partial charge in [0.05, 0.1) is 5.60 Å². The Morgan fingerprint density at radius 1 is 1.56 bits per heavy atom. The minimum Gasteiger partial charge on any atom is -0.389 e. The number of alkyl halides is 1. The SMILES string of the molecule is OC12CCC(CC1Br)C2. The van der Waals surface area contributed by atoms with Gasteiger partial charge in [0.15, 0.2) is 0 Å². The van der Waals surface area contributed by atoms with Crippen LogP contribution in [0.5, 0.6) is 0 Å². The van der Waals surface area contributed by atoms with Crippen molar-refractivity contribution in [2.24, 2.45) is 5.92 Å². The van der Waals surface area contributed by atoms with Crippen LogP contribution in [0.15, 0.2) is 0 Å². The van der Waals surface area contributed by atoms with Crippen molar-refractivity contribution in [3.05, 3.63) is 0 Å². The van der Waals surface area contributed by atoms with E-state index >= 15 is 0 Å². The fourth-order valence-corrected chi connectivity index (χ4v) is 3.10. The summed E-state index contributed by atoms with van der Waals surface area (Å²) in [5.74, 6) is 0.819. The first-order valence-corrected chi connectivity index (χ1v) is 4.49. The fourth-order valence-electron chi connectivity index (χ4n) is 2.16. The van der Waals surface area contributed by atoms with Gasteiger partial charge >= 0.3 is 0 Å². The third-order valence-corrected chi connectivity index (χ3v) is 3.98. The van der Waals surface area contributed by atoms with Crippen LogP contribution in [0.1, 0.15) is 25.7 Å². The van der Waals surface area contributed by atoms with Crippen LogP contribution >= 0.6 is 15.9 Å². The first kappa shape index (κ1) is 6.17. The quantitative estimate of drug-likeness (QED) is 0.577. The summed E-state index contributed by atoms with van der Waals surface area (Å²) >= 11 is 3.50. The van der Waals surface area contributed by atoms with Gasteiger partial charge in [-0.15, -0.1) is 0 Å². The Morgan fingerprint density at radius 2 is 2.33 bits per heavy atom. The van der Waals surface area contributed by atoms with E-state index in [0.29, 0.717) is 4.83 Å². The lowest BCUT2D eigenvalue weighted by Gasteiger charge is -2.24. The third kappa shape index (κ3) is 0.761. The van der Waals surface area contributed by atoms with Crippen molar-refractivity contribution in [3.63, 3.8) is 0 Å². The molecule has 3 atom stereocenters. The molecule has 0 amide bonds. The number of rotatable bonds is 0. The van der Waals surface area contributed by atoms with Crippen LogP contribution in [0, 0.1) is 5.92 Å². The Bertz CT molecular complexity index is 137. The average Bonchev–Trinajstić information content (AvgIpc) is 2.22. The molecule has 0 aromatic carbocycles. The van der Waals surface area contributed by atoms with Crippen LogP contribution in [-0.4, -0.2) is 15.5 Å². The van der Waals surface area contributed by atoms with E-state index in [0.717, 1.165) is 18.8 Å². The maximum Gasteiger partial charge on any atom is 0.0775 e. The molecule has 2 aliphatic carbocycles. The number of halogens is 1. The number of fused-ring (bicyclic) bond motifs is 2. The molecule has 1 N–H and O–H groups in total. The van der Waals surface area contributed by atoms with E-state index in [-0.39, 0.29) is 5.60 Å². The highest BCUT2D eigenvalue weighted by atomic mass is 79.9. The second-order valence-corrected chi connectivity index (χ2v) is 4.52. The lowest BCUT2D eigenvalue weighted by atomic mass is 9.97. The monoisotopic (exact) mass is 190 g/mol. The van der Waals surface area contributed by atoms with Crippen molar-refractivity contribution >= 4 is 15.9 Å². The summed E-state index contributed by atoms with van der Waals surface area (Å²) in [4.78, 5) is 0.392. The molecule has 2 bridgehead atoms. The fraction of sp³-hybridized carbons (Fsp3) is 1.00. The van der Waals surface area contributed by atoms with Crippen molar-refractivity contribution in [1.29, 1.82) is 0 Å². The van der Waals surface area contributed by atoms with E-state index in [9.17, 15) is 5.11 Å². The van der Waals surface area contributed by atoms with Gasteiger partial charge in [0.1, 0.15) is 0 Å². The Labute approximate surface area is 63.6 Å². The highest BCUT2D eigenvalue weighted by Crippen LogP contribution is 2.50. The minimum absolute atomic E-state index is 0.315. The Morgan fingerprint density at radius 3 is 2.56 bits per heavy atom. The van der Waals surface area contributed by atoms with Gasteiger partial charge in [-0.2, -0.15) is 0 Å². The first-order chi connectivity index (χ1) is 4.21. The smallest absolute Gasteiger partial charge is 0.0775 e. The van der Waals surface area contributed by atoms with Gasteiger partial charge in [-0.1, -0.05) is 15.9 Å². The zero-order chi connectivity index (χ0) is 6.48. The van der Waals surface area contributed by atoms with Crippen molar-refractivity contribution in [2.45, 2.75) is 36.1 Å². The summed E-state index contributed by atoms with van der Waals surface area (Å²) < 4.78 is 0. The highest BCUT2D eigenvalue weighted by molar-refractivity contribution is 9.09. The van der Waals surface area contributed by atoms with Gasteiger partial charge in [0.25, 0.3) is 0 Å². The predicted octanol–water partition coefficient (Wildman–Crippen LogP) is 1.68. The summed E-state index contributed by atoms with van der Waals surface area (Å²) in [5, 5.41) is 9.76. The summed E-state index contributed by atoms with van der Waals surface area (Å²) in [6.07, 6.45) is 4.51. The first-order valence-electron chi connectivity index (χ1n) is 3.57. The Balaban J connectivity index is 2.22. The molecule has 0 aliphatic heterocycles. The van der Waals surface area contributed by atoms with E-state index in [1.165, 1.54) is 12.8 Å². The molecule has 2 heteroatoms. The lowest BCUT2D eigenvalue weighted by Crippen LogP contribution is -2.32. The Kier molecular flexibility index (Phi) is 1.18. The zero-order valence-corrected chi connectivity index (χ0v) is 6.89. The molecule has 0 spiro atoms. The topological polar surface area (TPSA) is 20.2 Å². The molecule has 9 heavy (non-hydrogen) atoms. The molecule has 2 saturated carbocycles. The average molecular weight is 191 g/mol. The van der Waals surface area contributed by atoms with Gasteiger partial charge in [-0.05, 0) is 31.6 Å². The molecular weight excluding hydrogens is 180 g/mol. The van der Waals surface area contributed by atoms with Crippen LogP contribution in [0.3, 0.4) is 0 Å². The molecule has 0 saturated heterocycles. The highest BCUT2D eigenvalue weighted by Gasteiger charge is 2.49. The third-order valence-electron chi connectivity index (χ3n) is 2.75. The lowest BCUT2D eigenvalue weighted by molar-refractivity contribution is 0.0597. The van der Waals surface area contributed by atoms with Gasteiger partial charge in [-0.25, -0.2) is 0 Å². The van der Waals surface area contributed by atoms with Gasteiger partial charge in [0.2, 0.25) is 0 Å². The predicted molar refractivity (Wildman–Crippen MR) is 39.6 cm³/mol. The molecule has 0 radical (unpaired) electrons. The molecule has 1 nitrogen and oxygen atoms in total. The molecule has 2 fully saturated rings. The van der Waals surface area contributed by atoms with Gasteiger partial charge in [-0.3, -0.25) is 0 Å². The van der Waals surface area contributed by atoms with Gasteiger partial charge in [0, 0.05) is 4.83 Å². The zero-order valence-electron chi connectivity index (χ0n) is 5.31. The molecule has 2 aliphatic rings. The van der Waals surface area contributed by atoms with Gasteiger partial charge < -0.3 is 5.11 Å². The second-order valence-electron chi connectivity index (χ2n) is 3.42. The maximum atomic E-state index is 9.76. The molecule has 2 rings (SSSR count). The largest absolute Gasteiger partial charge is 0.389 e. The summed E-state index contributed by atoms with van der Waals surface area (Å²) in [5.41, 5.74) is -0.315. The van der Waals surface area contributed by atoms with Crippen LogP contribution < -0.4 is 0 Å². The second kappa shape index (κ2) is 1.73. The van der Waals surface area contributed by atoms with E-state index < -0.39 is 0 Å². The summed E-state index contributed by atoms with van der Waals surface area (Å²) in [6, 6.07) is 0. The molecule has 52 valence electrons. The van der Waals surface area contributed by atoms with Crippen molar-refractivity contribution in [3.8, 4) is 0 Å². The van der Waals surface area contributed by atoms with Crippen LogP contribution in [-0.2, 0) is 0 Å². The number of aliphatic hydroxyl groups is 1. The van der Waals surface area contributed by atoms with E-state index in [1.54, 1.807) is 0 Å². The molecule has 0 aromatic heterocycles. The Hall–Kier alpha value is 0.440. The minimum atomic E-state index is -0.315. The van der Waals surface area contributed by atoms with E-state index in [4.69, 9.17) is 0 Å². The van der Waals surface area contributed by atoms with Crippen LogP contribution in [0.25, 0.3) is 0 Å². The molecule has 0 heterocycles. The van der Waals surface area contributed by atoms with Crippen molar-refractivity contribution in [2.75, 3.05) is 0 Å².